The van der Waals surface area contributed by atoms with Crippen molar-refractivity contribution in [2.75, 3.05) is 13.2 Å². The number of nitrogens with one attached hydrogen (secondary N) is 1. The number of carbonyl (C=O) groups is 2. The highest BCUT2D eigenvalue weighted by atomic mass is 16.6. The molecule has 1 amide bonds. The Morgan fingerprint density at radius 2 is 1.56 bits per heavy atom. The first-order chi connectivity index (χ1) is 12.9. The number of rotatable bonds is 9. The minimum atomic E-state index is -0.704. The molecule has 0 saturated carbocycles. The fourth-order valence-electron chi connectivity index (χ4n) is 2.43. The summed E-state index contributed by atoms with van der Waals surface area (Å²) in [6.45, 7) is 6.07. The van der Waals surface area contributed by atoms with Crippen LogP contribution in [-0.4, -0.2) is 31.1 Å². The Hall–Kier alpha value is -2.82. The van der Waals surface area contributed by atoms with Gasteiger partial charge in [0.05, 0.1) is 6.54 Å². The Labute approximate surface area is 160 Å². The zero-order valence-electron chi connectivity index (χ0n) is 16.2. The van der Waals surface area contributed by atoms with E-state index in [9.17, 15) is 9.59 Å². The average Bonchev–Trinajstić information content (AvgIpc) is 2.66. The molecule has 0 aromatic heterocycles. The lowest BCUT2D eigenvalue weighted by Crippen LogP contribution is -2.31. The van der Waals surface area contributed by atoms with Crippen molar-refractivity contribution in [1.82, 2.24) is 5.32 Å². The summed E-state index contributed by atoms with van der Waals surface area (Å²) in [5.41, 5.74) is 3.45. The Morgan fingerprint density at radius 3 is 2.19 bits per heavy atom. The van der Waals surface area contributed by atoms with Gasteiger partial charge in [0.2, 0.25) is 5.91 Å². The Morgan fingerprint density at radius 1 is 0.963 bits per heavy atom. The van der Waals surface area contributed by atoms with E-state index in [1.165, 1.54) is 5.56 Å². The summed E-state index contributed by atoms with van der Waals surface area (Å²) in [6, 6.07) is 15.6. The highest BCUT2D eigenvalue weighted by Crippen LogP contribution is 2.13. The van der Waals surface area contributed by atoms with Crippen LogP contribution in [0.1, 0.15) is 30.0 Å². The SMILES string of the molecule is Cc1ccc(CCC(=O)NCCOC(=O)C(C)Oc2ccc(C)cc2)cc1. The van der Waals surface area contributed by atoms with Gasteiger partial charge >= 0.3 is 5.97 Å². The molecule has 2 aromatic rings. The molecule has 0 spiro atoms. The quantitative estimate of drug-likeness (QED) is 0.544. The van der Waals surface area contributed by atoms with Crippen LogP contribution in [0.2, 0.25) is 0 Å². The predicted molar refractivity (Wildman–Crippen MR) is 105 cm³/mol. The number of benzene rings is 2. The molecule has 0 aliphatic heterocycles. The third kappa shape index (κ3) is 7.52. The molecule has 0 fully saturated rings. The van der Waals surface area contributed by atoms with Gasteiger partial charge in [-0.1, -0.05) is 47.5 Å². The third-order valence-electron chi connectivity index (χ3n) is 4.10. The lowest BCUT2D eigenvalue weighted by atomic mass is 10.1. The summed E-state index contributed by atoms with van der Waals surface area (Å²) in [6.07, 6.45) is 0.391. The van der Waals surface area contributed by atoms with Crippen LogP contribution in [0.15, 0.2) is 48.5 Å². The van der Waals surface area contributed by atoms with Crippen molar-refractivity contribution in [2.45, 2.75) is 39.7 Å². The molecular weight excluding hydrogens is 342 g/mol. The van der Waals surface area contributed by atoms with Crippen LogP contribution in [0.5, 0.6) is 5.75 Å². The maximum Gasteiger partial charge on any atom is 0.347 e. The number of ether oxygens (including phenoxy) is 2. The zero-order chi connectivity index (χ0) is 19.6. The first-order valence-corrected chi connectivity index (χ1v) is 9.16. The van der Waals surface area contributed by atoms with E-state index in [2.05, 4.69) is 5.32 Å². The molecule has 0 heterocycles. The van der Waals surface area contributed by atoms with Crippen LogP contribution >= 0.6 is 0 Å². The maximum atomic E-state index is 11.9. The van der Waals surface area contributed by atoms with Gasteiger partial charge in [0.15, 0.2) is 6.10 Å². The van der Waals surface area contributed by atoms with Crippen molar-refractivity contribution in [3.05, 3.63) is 65.2 Å². The summed E-state index contributed by atoms with van der Waals surface area (Å²) in [5, 5.41) is 2.76. The number of hydrogen-bond donors (Lipinski definition) is 1. The van der Waals surface area contributed by atoms with E-state index in [1.807, 2.05) is 62.4 Å². The number of hydrogen-bond acceptors (Lipinski definition) is 4. The normalized spacial score (nSPS) is 11.5. The zero-order valence-corrected chi connectivity index (χ0v) is 16.2. The monoisotopic (exact) mass is 369 g/mol. The topological polar surface area (TPSA) is 64.6 Å². The van der Waals surface area contributed by atoms with Crippen molar-refractivity contribution in [3.8, 4) is 5.75 Å². The van der Waals surface area contributed by atoms with Gasteiger partial charge in [0, 0.05) is 6.42 Å². The van der Waals surface area contributed by atoms with Crippen LogP contribution in [0, 0.1) is 13.8 Å². The van der Waals surface area contributed by atoms with Crippen molar-refractivity contribution in [1.29, 1.82) is 0 Å². The fourth-order valence-corrected chi connectivity index (χ4v) is 2.43. The smallest absolute Gasteiger partial charge is 0.347 e. The van der Waals surface area contributed by atoms with E-state index in [4.69, 9.17) is 9.47 Å². The van der Waals surface area contributed by atoms with E-state index in [0.29, 0.717) is 18.6 Å². The molecule has 5 nitrogen and oxygen atoms in total. The Bertz CT molecular complexity index is 738. The highest BCUT2D eigenvalue weighted by Gasteiger charge is 2.16. The van der Waals surface area contributed by atoms with E-state index in [0.717, 1.165) is 11.1 Å². The van der Waals surface area contributed by atoms with Crippen molar-refractivity contribution in [2.24, 2.45) is 0 Å². The largest absolute Gasteiger partial charge is 0.479 e. The molecule has 5 heteroatoms. The van der Waals surface area contributed by atoms with E-state index in [-0.39, 0.29) is 19.1 Å². The van der Waals surface area contributed by atoms with Gasteiger partial charge in [-0.15, -0.1) is 0 Å². The number of esters is 1. The van der Waals surface area contributed by atoms with Gasteiger partial charge < -0.3 is 14.8 Å². The summed E-state index contributed by atoms with van der Waals surface area (Å²) >= 11 is 0. The van der Waals surface area contributed by atoms with Gasteiger partial charge in [-0.05, 0) is 44.9 Å². The molecular formula is C22H27NO4. The van der Waals surface area contributed by atoms with Crippen LogP contribution < -0.4 is 10.1 Å². The van der Waals surface area contributed by atoms with Gasteiger partial charge in [0.25, 0.3) is 0 Å². The second-order valence-corrected chi connectivity index (χ2v) is 6.58. The minimum Gasteiger partial charge on any atom is -0.479 e. The minimum absolute atomic E-state index is 0.0597. The Balaban J connectivity index is 1.60. The molecule has 2 rings (SSSR count). The van der Waals surface area contributed by atoms with Crippen LogP contribution in [0.3, 0.4) is 0 Å². The van der Waals surface area contributed by atoms with Gasteiger partial charge in [0.1, 0.15) is 12.4 Å². The van der Waals surface area contributed by atoms with Crippen LogP contribution in [-0.2, 0) is 20.7 Å². The van der Waals surface area contributed by atoms with E-state index >= 15 is 0 Å². The summed E-state index contributed by atoms with van der Waals surface area (Å²) in [4.78, 5) is 23.8. The second kappa shape index (κ2) is 10.4. The molecule has 1 unspecified atom stereocenters. The summed E-state index contributed by atoms with van der Waals surface area (Å²) in [7, 11) is 0. The average molecular weight is 369 g/mol. The first-order valence-electron chi connectivity index (χ1n) is 9.16. The van der Waals surface area contributed by atoms with Crippen LogP contribution in [0.4, 0.5) is 0 Å². The molecule has 0 bridgehead atoms. The van der Waals surface area contributed by atoms with E-state index < -0.39 is 12.1 Å². The maximum absolute atomic E-state index is 11.9. The molecule has 0 aliphatic rings. The second-order valence-electron chi connectivity index (χ2n) is 6.58. The molecule has 1 N–H and O–H groups in total. The standard InChI is InChI=1S/C22H27NO4/c1-16-4-8-19(9-5-16)10-13-21(24)23-14-15-26-22(25)18(3)27-20-11-6-17(2)7-12-20/h4-9,11-12,18H,10,13-15H2,1-3H3,(H,23,24). The third-order valence-corrected chi connectivity index (χ3v) is 4.10. The molecule has 144 valence electrons. The molecule has 27 heavy (non-hydrogen) atoms. The van der Waals surface area contributed by atoms with E-state index in [1.54, 1.807) is 6.92 Å². The van der Waals surface area contributed by atoms with Gasteiger partial charge in [-0.3, -0.25) is 4.79 Å². The fraction of sp³-hybridized carbons (Fsp3) is 0.364. The van der Waals surface area contributed by atoms with Crippen molar-refractivity contribution >= 4 is 11.9 Å². The first kappa shape index (κ1) is 20.5. The molecule has 2 aromatic carbocycles. The molecule has 0 saturated heterocycles. The number of aryl methyl sites for hydroxylation is 3. The Kier molecular flexibility index (Phi) is 7.86. The predicted octanol–water partition coefficient (Wildman–Crippen LogP) is 3.36. The van der Waals surface area contributed by atoms with Crippen LogP contribution in [0.25, 0.3) is 0 Å². The van der Waals surface area contributed by atoms with Crippen molar-refractivity contribution in [3.63, 3.8) is 0 Å². The van der Waals surface area contributed by atoms with Gasteiger partial charge in [-0.25, -0.2) is 4.79 Å². The summed E-state index contributed by atoms with van der Waals surface area (Å²) in [5.74, 6) is 0.106. The highest BCUT2D eigenvalue weighted by molar-refractivity contribution is 5.76. The molecule has 0 aliphatic carbocycles. The number of amides is 1. The van der Waals surface area contributed by atoms with Crippen molar-refractivity contribution < 1.29 is 19.1 Å². The van der Waals surface area contributed by atoms with Gasteiger partial charge in [-0.2, -0.15) is 0 Å². The lowest BCUT2D eigenvalue weighted by molar-refractivity contribution is -0.151. The molecule has 0 radical (unpaired) electrons. The lowest BCUT2D eigenvalue weighted by Gasteiger charge is -2.14. The molecule has 1 atom stereocenters. The summed E-state index contributed by atoms with van der Waals surface area (Å²) < 4.78 is 10.7. The number of carbonyl (C=O) groups excluding carboxylic acids is 2.